The van der Waals surface area contributed by atoms with E-state index in [1.807, 2.05) is 6.07 Å². The summed E-state index contributed by atoms with van der Waals surface area (Å²) in [5.41, 5.74) is 1.24. The average Bonchev–Trinajstić information content (AvgIpc) is 3.25. The molecule has 25 heavy (non-hydrogen) atoms. The Balaban J connectivity index is 1.52. The van der Waals surface area contributed by atoms with Gasteiger partial charge in [-0.15, -0.1) is 0 Å². The normalized spacial score (nSPS) is 20.0. The van der Waals surface area contributed by atoms with E-state index in [0.717, 1.165) is 18.4 Å². The predicted octanol–water partition coefficient (Wildman–Crippen LogP) is 2.75. The van der Waals surface area contributed by atoms with Crippen LogP contribution in [0.1, 0.15) is 24.2 Å². The standard InChI is InChI=1S/C19H19FN2O3/c20-16-7-1-4-13-5-2-8-22(18(13)16)19(24)14-10-17(23)21(11-14)12-15-6-3-9-25-15/h1,3-4,6-7,9,14H,2,5,8,10-12H2. The van der Waals surface area contributed by atoms with E-state index >= 15 is 0 Å². The third kappa shape index (κ3) is 2.92. The van der Waals surface area contributed by atoms with Gasteiger partial charge in [-0.25, -0.2) is 4.39 Å². The van der Waals surface area contributed by atoms with Gasteiger partial charge in [-0.05, 0) is 36.6 Å². The van der Waals surface area contributed by atoms with Gasteiger partial charge in [0, 0.05) is 19.5 Å². The molecule has 0 saturated carbocycles. The van der Waals surface area contributed by atoms with Crippen molar-refractivity contribution in [1.82, 2.24) is 4.90 Å². The average molecular weight is 342 g/mol. The van der Waals surface area contributed by atoms with Gasteiger partial charge in [0.05, 0.1) is 24.4 Å². The first-order valence-corrected chi connectivity index (χ1v) is 8.52. The van der Waals surface area contributed by atoms with Crippen molar-refractivity contribution in [3.05, 3.63) is 53.7 Å². The lowest BCUT2D eigenvalue weighted by atomic mass is 9.98. The molecule has 0 N–H and O–H groups in total. The van der Waals surface area contributed by atoms with E-state index in [9.17, 15) is 14.0 Å². The van der Waals surface area contributed by atoms with E-state index < -0.39 is 5.92 Å². The predicted molar refractivity (Wildman–Crippen MR) is 89.3 cm³/mol. The van der Waals surface area contributed by atoms with Gasteiger partial charge >= 0.3 is 0 Å². The molecule has 1 aromatic carbocycles. The van der Waals surface area contributed by atoms with Gasteiger partial charge in [0.25, 0.3) is 0 Å². The minimum absolute atomic E-state index is 0.0690. The number of anilines is 1. The zero-order valence-corrected chi connectivity index (χ0v) is 13.8. The van der Waals surface area contributed by atoms with Crippen LogP contribution >= 0.6 is 0 Å². The molecule has 2 aromatic rings. The lowest BCUT2D eigenvalue weighted by Crippen LogP contribution is -2.41. The van der Waals surface area contributed by atoms with Gasteiger partial charge in [-0.1, -0.05) is 12.1 Å². The molecule has 5 nitrogen and oxygen atoms in total. The fourth-order valence-corrected chi connectivity index (χ4v) is 3.73. The molecule has 0 aliphatic carbocycles. The van der Waals surface area contributed by atoms with Crippen molar-refractivity contribution < 1.29 is 18.4 Å². The third-order valence-electron chi connectivity index (χ3n) is 4.92. The number of para-hydroxylation sites is 1. The van der Waals surface area contributed by atoms with Crippen molar-refractivity contribution >= 4 is 17.5 Å². The Bertz CT molecular complexity index is 803. The molecule has 1 unspecified atom stereocenters. The van der Waals surface area contributed by atoms with Gasteiger partial charge < -0.3 is 14.2 Å². The molecule has 1 fully saturated rings. The minimum Gasteiger partial charge on any atom is -0.467 e. The van der Waals surface area contributed by atoms with Gasteiger partial charge in [-0.2, -0.15) is 0 Å². The molecule has 2 aliphatic rings. The quantitative estimate of drug-likeness (QED) is 0.862. The summed E-state index contributed by atoms with van der Waals surface area (Å²) in [5, 5.41) is 0. The van der Waals surface area contributed by atoms with Gasteiger partial charge in [-0.3, -0.25) is 9.59 Å². The summed E-state index contributed by atoms with van der Waals surface area (Å²) in [5.74, 6) is -0.354. The zero-order chi connectivity index (χ0) is 17.4. The number of aryl methyl sites for hydroxylation is 1. The van der Waals surface area contributed by atoms with Crippen LogP contribution < -0.4 is 4.90 Å². The summed E-state index contributed by atoms with van der Waals surface area (Å²) in [6.07, 6.45) is 3.30. The number of carbonyl (C=O) groups excluding carboxylic acids is 2. The number of fused-ring (bicyclic) bond motifs is 1. The first-order valence-electron chi connectivity index (χ1n) is 8.52. The van der Waals surface area contributed by atoms with Crippen LogP contribution in [0.2, 0.25) is 0 Å². The lowest BCUT2D eigenvalue weighted by molar-refractivity contribution is -0.129. The molecule has 2 aliphatic heterocycles. The van der Waals surface area contributed by atoms with E-state index in [4.69, 9.17) is 4.42 Å². The van der Waals surface area contributed by atoms with Crippen molar-refractivity contribution in [2.24, 2.45) is 5.92 Å². The number of furan rings is 1. The summed E-state index contributed by atoms with van der Waals surface area (Å²) in [6.45, 7) is 1.20. The number of likely N-dealkylation sites (tertiary alicyclic amines) is 1. The summed E-state index contributed by atoms with van der Waals surface area (Å²) in [4.78, 5) is 28.4. The number of carbonyl (C=O) groups is 2. The second-order valence-corrected chi connectivity index (χ2v) is 6.60. The Morgan fingerprint density at radius 1 is 1.28 bits per heavy atom. The SMILES string of the molecule is O=C1CC(C(=O)N2CCCc3cccc(F)c32)CN1Cc1ccco1. The largest absolute Gasteiger partial charge is 0.467 e. The number of hydrogen-bond acceptors (Lipinski definition) is 3. The summed E-state index contributed by atoms with van der Waals surface area (Å²) in [7, 11) is 0. The van der Waals surface area contributed by atoms with Crippen LogP contribution in [0, 0.1) is 11.7 Å². The fourth-order valence-electron chi connectivity index (χ4n) is 3.73. The van der Waals surface area contributed by atoms with E-state index in [1.54, 1.807) is 29.4 Å². The molecule has 6 heteroatoms. The number of amides is 2. The van der Waals surface area contributed by atoms with Crippen molar-refractivity contribution in [2.75, 3.05) is 18.0 Å². The van der Waals surface area contributed by atoms with Gasteiger partial charge in [0.1, 0.15) is 11.6 Å². The molecule has 0 radical (unpaired) electrons. The topological polar surface area (TPSA) is 53.8 Å². The van der Waals surface area contributed by atoms with Gasteiger partial charge in [0.15, 0.2) is 0 Å². The fraction of sp³-hybridized carbons (Fsp3) is 0.368. The maximum absolute atomic E-state index is 14.3. The molecule has 1 aromatic heterocycles. The van der Waals surface area contributed by atoms with Crippen molar-refractivity contribution in [3.8, 4) is 0 Å². The second kappa shape index (κ2) is 6.35. The monoisotopic (exact) mass is 342 g/mol. The first kappa shape index (κ1) is 15.9. The highest BCUT2D eigenvalue weighted by molar-refractivity contribution is 5.99. The molecular formula is C19H19FN2O3. The van der Waals surface area contributed by atoms with Crippen LogP contribution in [-0.4, -0.2) is 29.8 Å². The molecule has 1 saturated heterocycles. The van der Waals surface area contributed by atoms with Crippen LogP contribution in [0.15, 0.2) is 41.0 Å². The van der Waals surface area contributed by atoms with Crippen LogP contribution in [0.3, 0.4) is 0 Å². The summed E-state index contributed by atoms with van der Waals surface area (Å²) < 4.78 is 19.6. The zero-order valence-electron chi connectivity index (χ0n) is 13.8. The Morgan fingerprint density at radius 3 is 2.96 bits per heavy atom. The number of nitrogens with zero attached hydrogens (tertiary/aromatic N) is 2. The maximum atomic E-state index is 14.3. The second-order valence-electron chi connectivity index (χ2n) is 6.60. The maximum Gasteiger partial charge on any atom is 0.232 e. The Kier molecular flexibility index (Phi) is 4.03. The number of rotatable bonds is 3. The minimum atomic E-state index is -0.437. The Labute approximate surface area is 145 Å². The third-order valence-corrected chi connectivity index (χ3v) is 4.92. The number of halogens is 1. The summed E-state index contributed by atoms with van der Waals surface area (Å²) in [6, 6.07) is 8.49. The highest BCUT2D eigenvalue weighted by Gasteiger charge is 2.38. The van der Waals surface area contributed by atoms with Crippen LogP contribution in [-0.2, 0) is 22.6 Å². The molecular weight excluding hydrogens is 323 g/mol. The Morgan fingerprint density at radius 2 is 2.16 bits per heavy atom. The highest BCUT2D eigenvalue weighted by Crippen LogP contribution is 2.32. The lowest BCUT2D eigenvalue weighted by Gasteiger charge is -2.31. The van der Waals surface area contributed by atoms with Crippen LogP contribution in [0.25, 0.3) is 0 Å². The highest BCUT2D eigenvalue weighted by atomic mass is 19.1. The number of hydrogen-bond donors (Lipinski definition) is 0. The van der Waals surface area contributed by atoms with Gasteiger partial charge in [0.2, 0.25) is 11.8 Å². The van der Waals surface area contributed by atoms with Crippen molar-refractivity contribution in [2.45, 2.75) is 25.8 Å². The smallest absolute Gasteiger partial charge is 0.232 e. The Hall–Kier alpha value is -2.63. The molecule has 0 bridgehead atoms. The molecule has 1 atom stereocenters. The van der Waals surface area contributed by atoms with Crippen molar-refractivity contribution in [1.29, 1.82) is 0 Å². The van der Waals surface area contributed by atoms with E-state index in [-0.39, 0.29) is 24.1 Å². The van der Waals surface area contributed by atoms with Crippen molar-refractivity contribution in [3.63, 3.8) is 0 Å². The number of benzene rings is 1. The molecule has 2 amide bonds. The molecule has 0 spiro atoms. The molecule has 130 valence electrons. The van der Waals surface area contributed by atoms with Crippen LogP contribution in [0.5, 0.6) is 0 Å². The van der Waals surface area contributed by atoms with E-state index in [0.29, 0.717) is 31.1 Å². The first-order chi connectivity index (χ1) is 12.1. The molecule has 4 rings (SSSR count). The van der Waals surface area contributed by atoms with E-state index in [2.05, 4.69) is 0 Å². The molecule has 3 heterocycles. The summed E-state index contributed by atoms with van der Waals surface area (Å²) >= 11 is 0. The van der Waals surface area contributed by atoms with Crippen LogP contribution in [0.4, 0.5) is 10.1 Å². The van der Waals surface area contributed by atoms with E-state index in [1.165, 1.54) is 11.0 Å².